The Labute approximate surface area is 197 Å². The number of hydrogen-bond acceptors (Lipinski definition) is 6. The molecule has 0 spiro atoms. The first-order chi connectivity index (χ1) is 16.2. The molecule has 0 bridgehead atoms. The number of nitrogens with one attached hydrogen (secondary N) is 1. The van der Waals surface area contributed by atoms with Gasteiger partial charge in [-0.05, 0) is 43.7 Å². The molecule has 2 aromatic carbocycles. The quantitative estimate of drug-likeness (QED) is 0.416. The number of halogens is 3. The van der Waals surface area contributed by atoms with E-state index in [4.69, 9.17) is 4.74 Å². The van der Waals surface area contributed by atoms with Gasteiger partial charge in [0.05, 0.1) is 29.7 Å². The lowest BCUT2D eigenvalue weighted by Crippen LogP contribution is -2.22. The first kappa shape index (κ1) is 23.4. The highest BCUT2D eigenvalue weighted by Gasteiger charge is 2.30. The normalized spacial score (nSPS) is 11.5. The smallest absolute Gasteiger partial charge is 0.416 e. The summed E-state index contributed by atoms with van der Waals surface area (Å²) in [6.45, 7) is 3.67. The maximum absolute atomic E-state index is 12.7. The number of carbonyl (C=O) groups excluding carboxylic acids is 1. The van der Waals surface area contributed by atoms with Crippen LogP contribution in [0.5, 0.6) is 5.75 Å². The molecule has 34 heavy (non-hydrogen) atoms. The maximum atomic E-state index is 12.7. The lowest BCUT2D eigenvalue weighted by Gasteiger charge is -2.08. The topological polar surface area (TPSA) is 81.9 Å². The number of nitrogens with zero attached hydrogens (tertiary/aromatic N) is 4. The second-order valence-corrected chi connectivity index (χ2v) is 8.45. The van der Waals surface area contributed by atoms with Gasteiger partial charge in [0.2, 0.25) is 0 Å². The van der Waals surface area contributed by atoms with Crippen molar-refractivity contribution in [3.8, 4) is 22.1 Å². The van der Waals surface area contributed by atoms with E-state index in [0.29, 0.717) is 32.6 Å². The highest BCUT2D eigenvalue weighted by atomic mass is 32.1. The summed E-state index contributed by atoms with van der Waals surface area (Å²) in [7, 11) is 1.58. The van der Waals surface area contributed by atoms with Crippen molar-refractivity contribution in [2.45, 2.75) is 26.6 Å². The Morgan fingerprint density at radius 3 is 2.56 bits per heavy atom. The zero-order valence-corrected chi connectivity index (χ0v) is 19.3. The van der Waals surface area contributed by atoms with Crippen LogP contribution in [0.1, 0.15) is 32.2 Å². The van der Waals surface area contributed by atoms with Crippen LogP contribution in [0.2, 0.25) is 0 Å². The number of amides is 1. The highest BCUT2D eigenvalue weighted by molar-refractivity contribution is 7.17. The SMILES string of the molecule is COc1cccc(-n2nnc(-c3nc(C)c(C(=O)NCc4ccc(C(F)(F)F)cc4)s3)c2C)c1. The number of methoxy groups -OCH3 is 1. The summed E-state index contributed by atoms with van der Waals surface area (Å²) in [4.78, 5) is 17.6. The highest BCUT2D eigenvalue weighted by Crippen LogP contribution is 2.31. The molecule has 11 heteroatoms. The van der Waals surface area contributed by atoms with Gasteiger partial charge in [-0.3, -0.25) is 4.79 Å². The van der Waals surface area contributed by atoms with Crippen molar-refractivity contribution in [3.05, 3.63) is 75.9 Å². The minimum atomic E-state index is -4.40. The van der Waals surface area contributed by atoms with Gasteiger partial charge in [-0.15, -0.1) is 16.4 Å². The molecule has 0 aliphatic carbocycles. The predicted molar refractivity (Wildman–Crippen MR) is 121 cm³/mol. The molecule has 4 rings (SSSR count). The maximum Gasteiger partial charge on any atom is 0.416 e. The summed E-state index contributed by atoms with van der Waals surface area (Å²) in [5.41, 5.74) is 2.43. The lowest BCUT2D eigenvalue weighted by molar-refractivity contribution is -0.137. The van der Waals surface area contributed by atoms with Gasteiger partial charge in [-0.25, -0.2) is 9.67 Å². The molecule has 1 N–H and O–H groups in total. The van der Waals surface area contributed by atoms with Gasteiger partial charge in [0.1, 0.15) is 21.3 Å². The second kappa shape index (κ2) is 9.26. The van der Waals surface area contributed by atoms with Crippen molar-refractivity contribution in [1.82, 2.24) is 25.3 Å². The molecule has 0 aliphatic heterocycles. The Morgan fingerprint density at radius 1 is 1.15 bits per heavy atom. The zero-order valence-electron chi connectivity index (χ0n) is 18.5. The van der Waals surface area contributed by atoms with Gasteiger partial charge in [0.15, 0.2) is 0 Å². The summed E-state index contributed by atoms with van der Waals surface area (Å²) in [5, 5.41) is 11.7. The van der Waals surface area contributed by atoms with Gasteiger partial charge in [-0.1, -0.05) is 23.4 Å². The van der Waals surface area contributed by atoms with E-state index in [-0.39, 0.29) is 12.5 Å². The van der Waals surface area contributed by atoms with Gasteiger partial charge in [0.25, 0.3) is 5.91 Å². The van der Waals surface area contributed by atoms with Crippen molar-refractivity contribution in [2.24, 2.45) is 0 Å². The fraction of sp³-hybridized carbons (Fsp3) is 0.217. The van der Waals surface area contributed by atoms with Crippen LogP contribution in [0.25, 0.3) is 16.4 Å². The Bertz CT molecular complexity index is 1330. The average Bonchev–Trinajstić information content (AvgIpc) is 3.39. The number of hydrogen-bond donors (Lipinski definition) is 1. The molecule has 1 amide bonds. The Morgan fingerprint density at radius 2 is 1.88 bits per heavy atom. The summed E-state index contributed by atoms with van der Waals surface area (Å²) in [5.74, 6) is 0.324. The van der Waals surface area contributed by atoms with Gasteiger partial charge in [-0.2, -0.15) is 13.2 Å². The summed E-state index contributed by atoms with van der Waals surface area (Å²) >= 11 is 1.18. The summed E-state index contributed by atoms with van der Waals surface area (Å²) in [6.07, 6.45) is -4.40. The fourth-order valence-corrected chi connectivity index (χ4v) is 4.32. The molecule has 0 radical (unpaired) electrons. The molecule has 0 aliphatic rings. The average molecular weight is 488 g/mol. The Balaban J connectivity index is 1.50. The third kappa shape index (κ3) is 4.79. The van der Waals surface area contributed by atoms with E-state index in [1.165, 1.54) is 23.5 Å². The molecule has 7 nitrogen and oxygen atoms in total. The van der Waals surface area contributed by atoms with Crippen LogP contribution in [-0.2, 0) is 12.7 Å². The van der Waals surface area contributed by atoms with Crippen LogP contribution >= 0.6 is 11.3 Å². The number of ether oxygens (including phenoxy) is 1. The van der Waals surface area contributed by atoms with Crippen molar-refractivity contribution >= 4 is 17.2 Å². The summed E-state index contributed by atoms with van der Waals surface area (Å²) < 4.78 is 45.1. The van der Waals surface area contributed by atoms with Crippen LogP contribution in [-0.4, -0.2) is 33.0 Å². The Hall–Kier alpha value is -3.73. The van der Waals surface area contributed by atoms with E-state index in [0.717, 1.165) is 23.5 Å². The third-order valence-electron chi connectivity index (χ3n) is 5.13. The summed E-state index contributed by atoms with van der Waals surface area (Å²) in [6, 6.07) is 12.1. The predicted octanol–water partition coefficient (Wildman–Crippen LogP) is 4.97. The first-order valence-corrected chi connectivity index (χ1v) is 11.0. The molecule has 0 fully saturated rings. The minimum Gasteiger partial charge on any atom is -0.497 e. The number of rotatable bonds is 6. The van der Waals surface area contributed by atoms with Crippen LogP contribution in [0.4, 0.5) is 13.2 Å². The minimum absolute atomic E-state index is 0.0920. The number of thiazole rings is 1. The molecule has 0 saturated carbocycles. The largest absolute Gasteiger partial charge is 0.497 e. The van der Waals surface area contributed by atoms with Crippen LogP contribution < -0.4 is 10.1 Å². The van der Waals surface area contributed by atoms with Crippen LogP contribution in [0.15, 0.2) is 48.5 Å². The molecule has 4 aromatic rings. The van der Waals surface area contributed by atoms with E-state index < -0.39 is 11.7 Å². The monoisotopic (exact) mass is 487 g/mol. The van der Waals surface area contributed by atoms with Gasteiger partial charge in [0, 0.05) is 12.6 Å². The zero-order chi connectivity index (χ0) is 24.5. The number of aryl methyl sites for hydroxylation is 1. The third-order valence-corrected chi connectivity index (χ3v) is 6.30. The molecule has 2 heterocycles. The molecule has 0 atom stereocenters. The van der Waals surface area contributed by atoms with E-state index in [9.17, 15) is 18.0 Å². The molecular formula is C23H20F3N5O2S. The molecule has 2 aromatic heterocycles. The second-order valence-electron chi connectivity index (χ2n) is 7.45. The fourth-order valence-electron chi connectivity index (χ4n) is 3.30. The molecule has 0 saturated heterocycles. The molecular weight excluding hydrogens is 467 g/mol. The van der Waals surface area contributed by atoms with E-state index in [1.54, 1.807) is 18.7 Å². The number of carbonyl (C=O) groups is 1. The number of alkyl halides is 3. The molecule has 176 valence electrons. The van der Waals surface area contributed by atoms with Crippen molar-refractivity contribution in [2.75, 3.05) is 7.11 Å². The van der Waals surface area contributed by atoms with Crippen molar-refractivity contribution in [3.63, 3.8) is 0 Å². The van der Waals surface area contributed by atoms with Crippen molar-refractivity contribution < 1.29 is 22.7 Å². The first-order valence-electron chi connectivity index (χ1n) is 10.2. The van der Waals surface area contributed by atoms with E-state index in [1.807, 2.05) is 31.2 Å². The van der Waals surface area contributed by atoms with Crippen LogP contribution in [0.3, 0.4) is 0 Å². The van der Waals surface area contributed by atoms with Gasteiger partial charge < -0.3 is 10.1 Å². The Kier molecular flexibility index (Phi) is 6.38. The van der Waals surface area contributed by atoms with E-state index >= 15 is 0 Å². The molecule has 0 unspecified atom stereocenters. The van der Waals surface area contributed by atoms with E-state index in [2.05, 4.69) is 20.6 Å². The lowest BCUT2D eigenvalue weighted by atomic mass is 10.1. The van der Waals surface area contributed by atoms with Crippen molar-refractivity contribution in [1.29, 1.82) is 0 Å². The standard InChI is InChI=1S/C23H20F3N5O2S/c1-13-20(21(32)27-12-15-7-9-16(10-8-15)23(24,25)26)34-22(28-13)19-14(2)31(30-29-19)17-5-4-6-18(11-17)33-3/h4-11H,12H2,1-3H3,(H,27,32). The van der Waals surface area contributed by atoms with Crippen LogP contribution in [0, 0.1) is 13.8 Å². The number of aromatic nitrogens is 4. The van der Waals surface area contributed by atoms with Gasteiger partial charge >= 0.3 is 6.18 Å². The number of benzene rings is 2.